The zero-order valence-electron chi connectivity index (χ0n) is 11.4. The molecule has 20 heavy (non-hydrogen) atoms. The quantitative estimate of drug-likeness (QED) is 0.866. The number of hydrogen-bond donors (Lipinski definition) is 1. The molecule has 0 aliphatic rings. The maximum Gasteiger partial charge on any atom is 0.128 e. The second-order valence-corrected chi connectivity index (χ2v) is 4.38. The fraction of sp³-hybridized carbons (Fsp3) is 0.188. The van der Waals surface area contributed by atoms with E-state index in [2.05, 4.69) is 4.99 Å². The minimum Gasteiger partial charge on any atom is -0.507 e. The number of phenols is 1. The third kappa shape index (κ3) is 3.15. The summed E-state index contributed by atoms with van der Waals surface area (Å²) in [5.74, 6) is 0.398. The lowest BCUT2D eigenvalue weighted by Gasteiger charge is -2.07. The van der Waals surface area contributed by atoms with Crippen LogP contribution in [0.5, 0.6) is 11.5 Å². The summed E-state index contributed by atoms with van der Waals surface area (Å²) in [7, 11) is 1.54. The summed E-state index contributed by atoms with van der Waals surface area (Å²) in [4.78, 5) is 4.32. The summed E-state index contributed by atoms with van der Waals surface area (Å²) in [6.45, 7) is 2.02. The molecule has 0 aliphatic carbocycles. The maximum absolute atomic E-state index is 13.5. The van der Waals surface area contributed by atoms with Crippen molar-refractivity contribution in [1.82, 2.24) is 0 Å². The third-order valence-electron chi connectivity index (χ3n) is 3.04. The lowest BCUT2D eigenvalue weighted by molar-refractivity contribution is 0.407. The van der Waals surface area contributed by atoms with E-state index in [-0.39, 0.29) is 18.1 Å². The molecule has 0 aromatic heterocycles. The molecule has 0 aliphatic heterocycles. The predicted molar refractivity (Wildman–Crippen MR) is 77.0 cm³/mol. The van der Waals surface area contributed by atoms with Gasteiger partial charge in [-0.05, 0) is 25.1 Å². The molecule has 0 fully saturated rings. The second kappa shape index (κ2) is 6.19. The molecule has 1 N–H and O–H groups in total. The highest BCUT2D eigenvalue weighted by atomic mass is 19.1. The summed E-state index contributed by atoms with van der Waals surface area (Å²) in [5.41, 5.74) is 1.79. The van der Waals surface area contributed by atoms with E-state index in [9.17, 15) is 9.50 Å². The Bertz CT molecular complexity index is 638. The van der Waals surface area contributed by atoms with Crippen molar-refractivity contribution in [1.29, 1.82) is 0 Å². The first-order valence-corrected chi connectivity index (χ1v) is 6.23. The van der Waals surface area contributed by atoms with Crippen molar-refractivity contribution in [3.05, 3.63) is 59.4 Å². The number of rotatable bonds is 4. The molecule has 104 valence electrons. The summed E-state index contributed by atoms with van der Waals surface area (Å²) < 4.78 is 18.5. The molecule has 0 saturated carbocycles. The van der Waals surface area contributed by atoms with Crippen LogP contribution < -0.4 is 4.74 Å². The van der Waals surface area contributed by atoms with Crippen molar-refractivity contribution in [3.63, 3.8) is 0 Å². The lowest BCUT2D eigenvalue weighted by atomic mass is 10.1. The monoisotopic (exact) mass is 273 g/mol. The number of halogens is 1. The Kier molecular flexibility index (Phi) is 4.35. The van der Waals surface area contributed by atoms with E-state index in [4.69, 9.17) is 4.74 Å². The zero-order chi connectivity index (χ0) is 14.5. The van der Waals surface area contributed by atoms with Crippen molar-refractivity contribution in [2.45, 2.75) is 13.5 Å². The topological polar surface area (TPSA) is 41.8 Å². The van der Waals surface area contributed by atoms with Gasteiger partial charge in [-0.3, -0.25) is 4.99 Å². The molecule has 2 aromatic carbocycles. The highest BCUT2D eigenvalue weighted by Crippen LogP contribution is 2.24. The van der Waals surface area contributed by atoms with Gasteiger partial charge in [0.15, 0.2) is 0 Å². The molecular formula is C16H16FNO2. The standard InChI is InChI=1S/C16H16FNO2/c1-11(14-8-7-13(20-2)9-16(14)19)18-10-12-5-3-4-6-15(12)17/h3-9,19H,10H2,1-2H3/b18-11-. The summed E-state index contributed by atoms with van der Waals surface area (Å²) in [5, 5.41) is 9.91. The largest absolute Gasteiger partial charge is 0.507 e. The van der Waals surface area contributed by atoms with Gasteiger partial charge in [0.25, 0.3) is 0 Å². The van der Waals surface area contributed by atoms with Crippen LogP contribution >= 0.6 is 0 Å². The Labute approximate surface area is 117 Å². The Morgan fingerprint density at radius 1 is 1.25 bits per heavy atom. The van der Waals surface area contributed by atoms with Gasteiger partial charge in [0.05, 0.1) is 13.7 Å². The van der Waals surface area contributed by atoms with Crippen LogP contribution in [0, 0.1) is 5.82 Å². The molecule has 0 heterocycles. The average molecular weight is 273 g/mol. The lowest BCUT2D eigenvalue weighted by Crippen LogP contribution is -1.98. The molecule has 0 saturated heterocycles. The Morgan fingerprint density at radius 2 is 2.00 bits per heavy atom. The number of aromatic hydroxyl groups is 1. The van der Waals surface area contributed by atoms with E-state index in [0.717, 1.165) is 0 Å². The van der Waals surface area contributed by atoms with E-state index >= 15 is 0 Å². The normalized spacial score (nSPS) is 11.4. The zero-order valence-corrected chi connectivity index (χ0v) is 11.4. The van der Waals surface area contributed by atoms with Crippen molar-refractivity contribution in [3.8, 4) is 11.5 Å². The number of aliphatic imine (C=N–C) groups is 1. The average Bonchev–Trinajstić information content (AvgIpc) is 2.46. The van der Waals surface area contributed by atoms with Gasteiger partial charge >= 0.3 is 0 Å². The van der Waals surface area contributed by atoms with Gasteiger partial charge in [-0.2, -0.15) is 0 Å². The van der Waals surface area contributed by atoms with Crippen LogP contribution in [0.25, 0.3) is 0 Å². The van der Waals surface area contributed by atoms with Crippen LogP contribution in [0.4, 0.5) is 4.39 Å². The number of methoxy groups -OCH3 is 1. The Morgan fingerprint density at radius 3 is 2.65 bits per heavy atom. The number of ether oxygens (including phenoxy) is 1. The molecule has 0 unspecified atom stereocenters. The van der Waals surface area contributed by atoms with Gasteiger partial charge in [-0.1, -0.05) is 18.2 Å². The van der Waals surface area contributed by atoms with Crippen LogP contribution in [0.3, 0.4) is 0 Å². The summed E-state index contributed by atoms with van der Waals surface area (Å²) in [6.07, 6.45) is 0. The van der Waals surface area contributed by atoms with E-state index in [0.29, 0.717) is 22.6 Å². The molecule has 2 aromatic rings. The molecule has 4 heteroatoms. The number of benzene rings is 2. The van der Waals surface area contributed by atoms with Gasteiger partial charge in [-0.15, -0.1) is 0 Å². The van der Waals surface area contributed by atoms with Gasteiger partial charge < -0.3 is 9.84 Å². The van der Waals surface area contributed by atoms with Crippen molar-refractivity contribution < 1.29 is 14.2 Å². The summed E-state index contributed by atoms with van der Waals surface area (Å²) in [6, 6.07) is 11.5. The Balaban J connectivity index is 2.21. The molecule has 2 rings (SSSR count). The number of hydrogen-bond acceptors (Lipinski definition) is 3. The molecule has 0 amide bonds. The van der Waals surface area contributed by atoms with E-state index in [1.54, 1.807) is 37.3 Å². The van der Waals surface area contributed by atoms with Crippen LogP contribution in [-0.2, 0) is 6.54 Å². The molecule has 0 bridgehead atoms. The number of phenolic OH excluding ortho intramolecular Hbond substituents is 1. The van der Waals surface area contributed by atoms with Crippen LogP contribution in [0.15, 0.2) is 47.5 Å². The smallest absolute Gasteiger partial charge is 0.128 e. The molecule has 3 nitrogen and oxygen atoms in total. The molecule has 0 radical (unpaired) electrons. The van der Waals surface area contributed by atoms with Crippen LogP contribution in [-0.4, -0.2) is 17.9 Å². The van der Waals surface area contributed by atoms with Crippen molar-refractivity contribution in [2.75, 3.05) is 7.11 Å². The van der Waals surface area contributed by atoms with Gasteiger partial charge in [0.2, 0.25) is 0 Å². The van der Waals surface area contributed by atoms with Crippen LogP contribution in [0.2, 0.25) is 0 Å². The third-order valence-corrected chi connectivity index (χ3v) is 3.04. The van der Waals surface area contributed by atoms with E-state index in [1.807, 2.05) is 0 Å². The van der Waals surface area contributed by atoms with Gasteiger partial charge in [0, 0.05) is 22.9 Å². The fourth-order valence-corrected chi connectivity index (χ4v) is 1.86. The molecule has 0 spiro atoms. The number of nitrogens with zero attached hydrogens (tertiary/aromatic N) is 1. The van der Waals surface area contributed by atoms with Gasteiger partial charge in [0.1, 0.15) is 17.3 Å². The predicted octanol–water partition coefficient (Wildman–Crippen LogP) is 3.55. The SMILES string of the molecule is COc1ccc(/C(C)=N\Cc2ccccc2F)c(O)c1. The first-order chi connectivity index (χ1) is 9.61. The first kappa shape index (κ1) is 14.1. The van der Waals surface area contributed by atoms with Crippen LogP contribution in [0.1, 0.15) is 18.1 Å². The first-order valence-electron chi connectivity index (χ1n) is 6.23. The minimum absolute atomic E-state index is 0.0964. The molecular weight excluding hydrogens is 257 g/mol. The van der Waals surface area contributed by atoms with E-state index < -0.39 is 0 Å². The molecule has 0 atom stereocenters. The maximum atomic E-state index is 13.5. The van der Waals surface area contributed by atoms with Crippen molar-refractivity contribution >= 4 is 5.71 Å². The Hall–Kier alpha value is -2.36. The summed E-state index contributed by atoms with van der Waals surface area (Å²) >= 11 is 0. The highest BCUT2D eigenvalue weighted by Gasteiger charge is 2.06. The van der Waals surface area contributed by atoms with Gasteiger partial charge in [-0.25, -0.2) is 4.39 Å². The fourth-order valence-electron chi connectivity index (χ4n) is 1.86. The van der Waals surface area contributed by atoms with E-state index in [1.165, 1.54) is 19.2 Å². The minimum atomic E-state index is -0.275. The van der Waals surface area contributed by atoms with Crippen molar-refractivity contribution in [2.24, 2.45) is 4.99 Å². The second-order valence-electron chi connectivity index (χ2n) is 4.38. The highest BCUT2D eigenvalue weighted by molar-refractivity contribution is 6.01.